The van der Waals surface area contributed by atoms with Crippen molar-refractivity contribution in [1.29, 1.82) is 0 Å². The van der Waals surface area contributed by atoms with E-state index in [4.69, 9.17) is 4.74 Å². The fraction of sp³-hybridized carbons (Fsp3) is 0.633. The second kappa shape index (κ2) is 13.8. The van der Waals surface area contributed by atoms with Crippen LogP contribution in [0.15, 0.2) is 42.0 Å². The monoisotopic (exact) mass is 515 g/mol. The summed E-state index contributed by atoms with van der Waals surface area (Å²) in [5.41, 5.74) is 0.425. The summed E-state index contributed by atoms with van der Waals surface area (Å²) in [6, 6.07) is 8.26. The highest BCUT2D eigenvalue weighted by Gasteiger charge is 2.41. The van der Waals surface area contributed by atoms with Crippen molar-refractivity contribution < 1.29 is 19.1 Å². The number of hydrogen-bond acceptors (Lipinski definition) is 5. The zero-order valence-electron chi connectivity index (χ0n) is 24.8. The highest BCUT2D eigenvalue weighted by molar-refractivity contribution is 5.92. The van der Waals surface area contributed by atoms with E-state index in [1.165, 1.54) is 0 Å². The van der Waals surface area contributed by atoms with Crippen LogP contribution < -0.4 is 10.6 Å². The van der Waals surface area contributed by atoms with Gasteiger partial charge in [0.15, 0.2) is 0 Å². The Morgan fingerprint density at radius 2 is 1.57 bits per heavy atom. The van der Waals surface area contributed by atoms with Gasteiger partial charge in [0.05, 0.1) is 18.7 Å². The van der Waals surface area contributed by atoms with Gasteiger partial charge >= 0.3 is 5.97 Å². The van der Waals surface area contributed by atoms with Crippen molar-refractivity contribution in [1.82, 2.24) is 15.5 Å². The molecule has 0 bridgehead atoms. The number of carbonyl (C=O) groups is 3. The van der Waals surface area contributed by atoms with Crippen LogP contribution in [-0.2, 0) is 24.5 Å². The molecule has 0 aliphatic carbocycles. The summed E-state index contributed by atoms with van der Waals surface area (Å²) < 4.78 is 5.12. The quantitative estimate of drug-likeness (QED) is 0.317. The van der Waals surface area contributed by atoms with Crippen LogP contribution in [0.1, 0.15) is 74.8 Å². The zero-order valence-corrected chi connectivity index (χ0v) is 24.8. The molecule has 3 atom stereocenters. The smallest absolute Gasteiger partial charge is 0.333 e. The molecule has 1 aromatic carbocycles. The second-order valence-electron chi connectivity index (χ2n) is 11.6. The topological polar surface area (TPSA) is 87.7 Å². The van der Waals surface area contributed by atoms with E-state index in [2.05, 4.69) is 10.6 Å². The van der Waals surface area contributed by atoms with Crippen molar-refractivity contribution in [2.24, 2.45) is 11.3 Å². The van der Waals surface area contributed by atoms with Crippen molar-refractivity contribution in [3.05, 3.63) is 47.5 Å². The summed E-state index contributed by atoms with van der Waals surface area (Å²) in [6.45, 7) is 20.2. The predicted molar refractivity (Wildman–Crippen MR) is 150 cm³/mol. The molecule has 2 N–H and O–H groups in total. The number of amides is 2. The van der Waals surface area contributed by atoms with Crippen molar-refractivity contribution in [3.8, 4) is 0 Å². The predicted octanol–water partition coefficient (Wildman–Crippen LogP) is 4.47. The number of likely N-dealkylation sites (N-methyl/N-ethyl adjacent to an activating group) is 2. The average molecular weight is 516 g/mol. The van der Waals surface area contributed by atoms with Crippen LogP contribution in [0.3, 0.4) is 0 Å². The van der Waals surface area contributed by atoms with Gasteiger partial charge in [-0.3, -0.25) is 9.59 Å². The Balaban J connectivity index is 3.33. The van der Waals surface area contributed by atoms with E-state index in [0.29, 0.717) is 12.1 Å². The van der Waals surface area contributed by atoms with Gasteiger partial charge in [0.2, 0.25) is 11.8 Å². The molecule has 0 aliphatic heterocycles. The molecular weight excluding hydrogens is 466 g/mol. The molecule has 7 nitrogen and oxygen atoms in total. The summed E-state index contributed by atoms with van der Waals surface area (Å²) in [6.07, 6.45) is 1.78. The molecule has 1 aromatic rings. The Bertz CT molecular complexity index is 932. The lowest BCUT2D eigenvalue weighted by atomic mass is 9.76. The first-order valence-electron chi connectivity index (χ1n) is 13.3. The standard InChI is InChI=1S/C30H49N3O4/c1-12-31-24(30(9,10)22-17-15-14-16-18-22)26(34)32-25(29(6,7)8)27(35)33(11)23(20(3)4)19-21(5)28(36)37-13-2/h14-20,23-25,31H,12-13H2,1-11H3,(H,32,34)/b21-19+/t23-,24?,25-/m1/s1. The van der Waals surface area contributed by atoms with Crippen molar-refractivity contribution in [3.63, 3.8) is 0 Å². The number of nitrogens with one attached hydrogen (secondary N) is 2. The summed E-state index contributed by atoms with van der Waals surface area (Å²) in [5, 5.41) is 6.42. The maximum Gasteiger partial charge on any atom is 0.333 e. The Hall–Kier alpha value is -2.67. The molecular formula is C30H49N3O4. The largest absolute Gasteiger partial charge is 0.463 e. The Morgan fingerprint density at radius 3 is 2.03 bits per heavy atom. The SMILES string of the molecule is CCNC(C(=O)N[C@H](C(=O)N(C)[C@H](/C=C(\C)C(=O)OCC)C(C)C)C(C)(C)C)C(C)(C)c1ccccc1. The molecule has 1 unspecified atom stereocenters. The van der Waals surface area contributed by atoms with Crippen LogP contribution in [0.2, 0.25) is 0 Å². The highest BCUT2D eigenvalue weighted by atomic mass is 16.5. The first-order valence-corrected chi connectivity index (χ1v) is 13.3. The van der Waals surface area contributed by atoms with E-state index in [0.717, 1.165) is 5.56 Å². The number of esters is 1. The summed E-state index contributed by atoms with van der Waals surface area (Å²) in [5.74, 6) is -0.788. The van der Waals surface area contributed by atoms with Gasteiger partial charge in [0.1, 0.15) is 6.04 Å². The maximum atomic E-state index is 13.9. The minimum absolute atomic E-state index is 0.0427. The summed E-state index contributed by atoms with van der Waals surface area (Å²) in [7, 11) is 1.72. The maximum absolute atomic E-state index is 13.9. The molecule has 0 fully saturated rings. The van der Waals surface area contributed by atoms with Crippen LogP contribution in [0.4, 0.5) is 0 Å². The lowest BCUT2D eigenvalue weighted by Gasteiger charge is -2.40. The highest BCUT2D eigenvalue weighted by Crippen LogP contribution is 2.29. The van der Waals surface area contributed by atoms with Crippen molar-refractivity contribution in [2.75, 3.05) is 20.2 Å². The van der Waals surface area contributed by atoms with Crippen molar-refractivity contribution in [2.45, 2.75) is 92.8 Å². The molecule has 0 saturated carbocycles. The van der Waals surface area contributed by atoms with Gasteiger partial charge in [-0.15, -0.1) is 0 Å². The second-order valence-corrected chi connectivity index (χ2v) is 11.6. The molecule has 0 radical (unpaired) electrons. The van der Waals surface area contributed by atoms with Crippen LogP contribution >= 0.6 is 0 Å². The third-order valence-electron chi connectivity index (χ3n) is 6.81. The van der Waals surface area contributed by atoms with E-state index in [-0.39, 0.29) is 30.4 Å². The van der Waals surface area contributed by atoms with E-state index < -0.39 is 28.9 Å². The number of ether oxygens (including phenoxy) is 1. The Morgan fingerprint density at radius 1 is 1.00 bits per heavy atom. The third kappa shape index (κ3) is 8.70. The molecule has 208 valence electrons. The fourth-order valence-electron chi connectivity index (χ4n) is 4.46. The van der Waals surface area contributed by atoms with Gasteiger partial charge in [0, 0.05) is 18.0 Å². The molecule has 0 aliphatic rings. The Labute approximate surface area is 224 Å². The average Bonchev–Trinajstić information content (AvgIpc) is 2.82. The normalized spacial score (nSPS) is 15.1. The molecule has 7 heteroatoms. The van der Waals surface area contributed by atoms with Crippen LogP contribution in [0.25, 0.3) is 0 Å². The number of hydrogen-bond donors (Lipinski definition) is 2. The molecule has 0 heterocycles. The molecule has 0 saturated heterocycles. The molecule has 1 rings (SSSR count). The third-order valence-corrected chi connectivity index (χ3v) is 6.81. The molecule has 0 spiro atoms. The number of nitrogens with zero attached hydrogens (tertiary/aromatic N) is 1. The minimum Gasteiger partial charge on any atom is -0.463 e. The lowest BCUT2D eigenvalue weighted by Crippen LogP contribution is -2.62. The summed E-state index contributed by atoms with van der Waals surface area (Å²) >= 11 is 0. The van der Waals surface area contributed by atoms with E-state index in [1.807, 2.05) is 85.7 Å². The number of rotatable bonds is 12. The van der Waals surface area contributed by atoms with Gasteiger partial charge < -0.3 is 20.3 Å². The van der Waals surface area contributed by atoms with Crippen LogP contribution in [0.5, 0.6) is 0 Å². The molecule has 0 aromatic heterocycles. The molecule has 37 heavy (non-hydrogen) atoms. The minimum atomic E-state index is -0.768. The van der Waals surface area contributed by atoms with Crippen LogP contribution in [-0.4, -0.2) is 61.0 Å². The van der Waals surface area contributed by atoms with E-state index in [1.54, 1.807) is 31.9 Å². The van der Waals surface area contributed by atoms with Gasteiger partial charge in [-0.05, 0) is 37.3 Å². The fourth-order valence-corrected chi connectivity index (χ4v) is 4.46. The lowest BCUT2D eigenvalue weighted by molar-refractivity contribution is -0.141. The van der Waals surface area contributed by atoms with Gasteiger partial charge in [0.25, 0.3) is 0 Å². The number of carbonyl (C=O) groups excluding carboxylic acids is 3. The first-order chi connectivity index (χ1) is 17.1. The zero-order chi connectivity index (χ0) is 28.6. The molecule has 2 amide bonds. The van der Waals surface area contributed by atoms with Gasteiger partial charge in [-0.25, -0.2) is 4.79 Å². The van der Waals surface area contributed by atoms with Gasteiger partial charge in [-0.2, -0.15) is 0 Å². The van der Waals surface area contributed by atoms with E-state index in [9.17, 15) is 14.4 Å². The van der Waals surface area contributed by atoms with E-state index >= 15 is 0 Å². The Kier molecular flexibility index (Phi) is 12.0. The van der Waals surface area contributed by atoms with Crippen LogP contribution in [0, 0.1) is 11.3 Å². The van der Waals surface area contributed by atoms with Gasteiger partial charge in [-0.1, -0.05) is 91.8 Å². The van der Waals surface area contributed by atoms with Crippen molar-refractivity contribution >= 4 is 17.8 Å². The number of benzene rings is 1. The first kappa shape index (κ1) is 32.4. The summed E-state index contributed by atoms with van der Waals surface area (Å²) in [4.78, 5) is 41.5.